The summed E-state index contributed by atoms with van der Waals surface area (Å²) >= 11 is 0. The van der Waals surface area contributed by atoms with Gasteiger partial charge in [0.05, 0.1) is 12.2 Å². The maximum atomic E-state index is 9.61. The monoisotopic (exact) mass is 224 g/mol. The standard InChI is InChI=1S/C13H20O3/c1-9-5-6-12(11(3)14)13(7-9)16-8-10(2)15-4/h5-7,10-11,14H,8H2,1-4H3/t10?,11-/m1/s1. The first-order chi connectivity index (χ1) is 7.54. The van der Waals surface area contributed by atoms with Gasteiger partial charge in [0, 0.05) is 12.7 Å². The molecule has 0 aliphatic heterocycles. The predicted molar refractivity (Wildman–Crippen MR) is 63.8 cm³/mol. The van der Waals surface area contributed by atoms with Crippen LogP contribution in [0.3, 0.4) is 0 Å². The van der Waals surface area contributed by atoms with Gasteiger partial charge in [-0.2, -0.15) is 0 Å². The largest absolute Gasteiger partial charge is 0.491 e. The zero-order valence-electron chi connectivity index (χ0n) is 10.4. The van der Waals surface area contributed by atoms with E-state index in [-0.39, 0.29) is 6.10 Å². The van der Waals surface area contributed by atoms with Gasteiger partial charge in [0.25, 0.3) is 0 Å². The van der Waals surface area contributed by atoms with E-state index in [9.17, 15) is 5.11 Å². The lowest BCUT2D eigenvalue weighted by Gasteiger charge is -2.16. The van der Waals surface area contributed by atoms with E-state index in [0.717, 1.165) is 16.9 Å². The van der Waals surface area contributed by atoms with Gasteiger partial charge in [0.15, 0.2) is 0 Å². The normalized spacial score (nSPS) is 14.6. The molecule has 0 amide bonds. The molecule has 0 aliphatic carbocycles. The molecule has 1 aromatic carbocycles. The van der Waals surface area contributed by atoms with E-state index in [1.165, 1.54) is 0 Å². The van der Waals surface area contributed by atoms with Crippen LogP contribution in [0.2, 0.25) is 0 Å². The van der Waals surface area contributed by atoms with E-state index in [0.29, 0.717) is 6.61 Å². The number of ether oxygens (including phenoxy) is 2. The molecule has 0 aromatic heterocycles. The van der Waals surface area contributed by atoms with Crippen LogP contribution in [-0.4, -0.2) is 24.9 Å². The first kappa shape index (κ1) is 13.0. The fourth-order valence-electron chi connectivity index (χ4n) is 1.39. The second-order valence-electron chi connectivity index (χ2n) is 4.07. The molecule has 0 spiro atoms. The lowest BCUT2D eigenvalue weighted by atomic mass is 10.1. The average molecular weight is 224 g/mol. The van der Waals surface area contributed by atoms with E-state index < -0.39 is 6.10 Å². The predicted octanol–water partition coefficient (Wildman–Crippen LogP) is 2.46. The second kappa shape index (κ2) is 5.87. The van der Waals surface area contributed by atoms with Crippen molar-refractivity contribution in [2.75, 3.05) is 13.7 Å². The van der Waals surface area contributed by atoms with Gasteiger partial charge in [-0.05, 0) is 32.4 Å². The van der Waals surface area contributed by atoms with Gasteiger partial charge in [-0.3, -0.25) is 0 Å². The maximum Gasteiger partial charge on any atom is 0.125 e. The van der Waals surface area contributed by atoms with Gasteiger partial charge in [0.1, 0.15) is 12.4 Å². The van der Waals surface area contributed by atoms with Gasteiger partial charge < -0.3 is 14.6 Å². The number of hydrogen-bond acceptors (Lipinski definition) is 3. The van der Waals surface area contributed by atoms with E-state index >= 15 is 0 Å². The molecule has 3 heteroatoms. The Balaban J connectivity index is 2.80. The van der Waals surface area contributed by atoms with Crippen LogP contribution in [0.5, 0.6) is 5.75 Å². The number of aliphatic hydroxyl groups is 1. The fourth-order valence-corrected chi connectivity index (χ4v) is 1.39. The SMILES string of the molecule is COC(C)COc1cc(C)ccc1[C@@H](C)O. The third-order valence-corrected chi connectivity index (χ3v) is 2.50. The molecule has 1 N–H and O–H groups in total. The summed E-state index contributed by atoms with van der Waals surface area (Å²) in [5.41, 5.74) is 1.93. The minimum atomic E-state index is -0.520. The molecule has 3 nitrogen and oxygen atoms in total. The highest BCUT2D eigenvalue weighted by Gasteiger charge is 2.10. The number of methoxy groups -OCH3 is 1. The van der Waals surface area contributed by atoms with Crippen molar-refractivity contribution < 1.29 is 14.6 Å². The van der Waals surface area contributed by atoms with Crippen molar-refractivity contribution in [3.05, 3.63) is 29.3 Å². The summed E-state index contributed by atoms with van der Waals surface area (Å²) in [4.78, 5) is 0. The Kier molecular flexibility index (Phi) is 4.77. The number of aliphatic hydroxyl groups excluding tert-OH is 1. The maximum absolute atomic E-state index is 9.61. The number of rotatable bonds is 5. The Morgan fingerprint density at radius 3 is 2.56 bits per heavy atom. The van der Waals surface area contributed by atoms with Crippen LogP contribution >= 0.6 is 0 Å². The van der Waals surface area contributed by atoms with Crippen LogP contribution in [0.25, 0.3) is 0 Å². The first-order valence-corrected chi connectivity index (χ1v) is 5.48. The molecule has 1 rings (SSSR count). The molecule has 0 fully saturated rings. The highest BCUT2D eigenvalue weighted by atomic mass is 16.5. The molecule has 0 heterocycles. The molecule has 90 valence electrons. The molecule has 0 saturated heterocycles. The van der Waals surface area contributed by atoms with Crippen molar-refractivity contribution in [2.24, 2.45) is 0 Å². The third kappa shape index (κ3) is 3.51. The zero-order chi connectivity index (χ0) is 12.1. The molecule has 2 atom stereocenters. The second-order valence-corrected chi connectivity index (χ2v) is 4.07. The first-order valence-electron chi connectivity index (χ1n) is 5.48. The highest BCUT2D eigenvalue weighted by molar-refractivity contribution is 5.38. The number of aryl methyl sites for hydroxylation is 1. The lowest BCUT2D eigenvalue weighted by molar-refractivity contribution is 0.0699. The summed E-state index contributed by atoms with van der Waals surface area (Å²) in [6.07, 6.45) is -0.476. The fraction of sp³-hybridized carbons (Fsp3) is 0.538. The van der Waals surface area contributed by atoms with Gasteiger partial charge >= 0.3 is 0 Å². The molecular weight excluding hydrogens is 204 g/mol. The van der Waals surface area contributed by atoms with E-state index in [4.69, 9.17) is 9.47 Å². The van der Waals surface area contributed by atoms with E-state index in [1.807, 2.05) is 32.0 Å². The Labute approximate surface area is 97.0 Å². The van der Waals surface area contributed by atoms with Crippen molar-refractivity contribution >= 4 is 0 Å². The Morgan fingerprint density at radius 1 is 1.31 bits per heavy atom. The number of hydrogen-bond donors (Lipinski definition) is 1. The third-order valence-electron chi connectivity index (χ3n) is 2.50. The summed E-state index contributed by atoms with van der Waals surface area (Å²) in [6, 6.07) is 5.80. The molecule has 0 aliphatic rings. The minimum absolute atomic E-state index is 0.0439. The lowest BCUT2D eigenvalue weighted by Crippen LogP contribution is -2.16. The van der Waals surface area contributed by atoms with Crippen LogP contribution in [0.1, 0.15) is 31.1 Å². The summed E-state index contributed by atoms with van der Waals surface area (Å²) in [5.74, 6) is 0.735. The topological polar surface area (TPSA) is 38.7 Å². The Hall–Kier alpha value is -1.06. The van der Waals surface area contributed by atoms with Crippen molar-refractivity contribution in [1.82, 2.24) is 0 Å². The van der Waals surface area contributed by atoms with Gasteiger partial charge in [0.2, 0.25) is 0 Å². The molecule has 0 bridgehead atoms. The van der Waals surface area contributed by atoms with Gasteiger partial charge in [-0.1, -0.05) is 12.1 Å². The summed E-state index contributed by atoms with van der Waals surface area (Å²) in [6.45, 7) is 6.16. The van der Waals surface area contributed by atoms with Crippen LogP contribution in [0.15, 0.2) is 18.2 Å². The van der Waals surface area contributed by atoms with E-state index in [1.54, 1.807) is 14.0 Å². The molecule has 1 aromatic rings. The Bertz CT molecular complexity index is 334. The van der Waals surface area contributed by atoms with Gasteiger partial charge in [-0.15, -0.1) is 0 Å². The van der Waals surface area contributed by atoms with Crippen LogP contribution in [-0.2, 0) is 4.74 Å². The van der Waals surface area contributed by atoms with Crippen LogP contribution in [0, 0.1) is 6.92 Å². The van der Waals surface area contributed by atoms with Crippen molar-refractivity contribution in [1.29, 1.82) is 0 Å². The summed E-state index contributed by atoms with van der Waals surface area (Å²) < 4.78 is 10.8. The molecule has 0 radical (unpaired) electrons. The molecular formula is C13H20O3. The molecule has 16 heavy (non-hydrogen) atoms. The molecule has 0 saturated carbocycles. The van der Waals surface area contributed by atoms with Crippen molar-refractivity contribution in [3.8, 4) is 5.75 Å². The van der Waals surface area contributed by atoms with Crippen molar-refractivity contribution in [2.45, 2.75) is 33.0 Å². The van der Waals surface area contributed by atoms with Crippen LogP contribution < -0.4 is 4.74 Å². The quantitative estimate of drug-likeness (QED) is 0.835. The van der Waals surface area contributed by atoms with Gasteiger partial charge in [-0.25, -0.2) is 0 Å². The molecule has 1 unspecified atom stereocenters. The highest BCUT2D eigenvalue weighted by Crippen LogP contribution is 2.26. The summed E-state index contributed by atoms with van der Waals surface area (Å²) in [7, 11) is 1.65. The van der Waals surface area contributed by atoms with E-state index in [2.05, 4.69) is 0 Å². The van der Waals surface area contributed by atoms with Crippen molar-refractivity contribution in [3.63, 3.8) is 0 Å². The smallest absolute Gasteiger partial charge is 0.125 e. The average Bonchev–Trinajstić information content (AvgIpc) is 2.25. The summed E-state index contributed by atoms with van der Waals surface area (Å²) in [5, 5.41) is 9.61. The Morgan fingerprint density at radius 2 is 2.00 bits per heavy atom. The number of benzene rings is 1. The zero-order valence-corrected chi connectivity index (χ0v) is 10.4. The van der Waals surface area contributed by atoms with Crippen LogP contribution in [0.4, 0.5) is 0 Å². The minimum Gasteiger partial charge on any atom is -0.491 e.